The molecule has 3 atom stereocenters. The van der Waals surface area contributed by atoms with Gasteiger partial charge in [0, 0.05) is 0 Å². The van der Waals surface area contributed by atoms with Gasteiger partial charge in [0.05, 0.1) is 0 Å². The minimum atomic E-state index is -3.04. The molecule has 0 saturated heterocycles. The van der Waals surface area contributed by atoms with Crippen molar-refractivity contribution < 1.29 is 27.8 Å². The Morgan fingerprint density at radius 3 is 2.87 bits per heavy atom. The van der Waals surface area contributed by atoms with E-state index in [9.17, 15) is 19.3 Å². The molecule has 4 rings (SSSR count). The Morgan fingerprint density at radius 2 is 2.13 bits per heavy atom. The van der Waals surface area contributed by atoms with Crippen LogP contribution in [0.5, 0.6) is 5.75 Å². The average molecular weight is 431 g/mol. The van der Waals surface area contributed by atoms with Gasteiger partial charge in [0.25, 0.3) is 5.60 Å². The van der Waals surface area contributed by atoms with E-state index in [1.54, 1.807) is 36.4 Å². The number of nitrogens with zero attached hydrogens (tertiary/aromatic N) is 4. The van der Waals surface area contributed by atoms with Crippen molar-refractivity contribution >= 4 is 19.6 Å². The highest BCUT2D eigenvalue weighted by molar-refractivity contribution is 7.33. The first-order valence-corrected chi connectivity index (χ1v) is 9.84. The molecular formula is C18H15FN5O5P. The van der Waals surface area contributed by atoms with Gasteiger partial charge in [-0.3, -0.25) is 4.52 Å². The summed E-state index contributed by atoms with van der Waals surface area (Å²) < 4.78 is 43.6. The van der Waals surface area contributed by atoms with Crippen molar-refractivity contribution in [3.63, 3.8) is 0 Å². The molecular weight excluding hydrogens is 416 g/mol. The molecule has 0 saturated carbocycles. The van der Waals surface area contributed by atoms with Gasteiger partial charge in [-0.1, -0.05) is 18.2 Å². The summed E-state index contributed by atoms with van der Waals surface area (Å²) in [5, 5.41) is 24.2. The molecule has 0 bridgehead atoms. The number of fused-ring (bicyclic) bond motifs is 1. The Bertz CT molecular complexity index is 1190. The predicted octanol–water partition coefficient (Wildman–Crippen LogP) is 2.09. The van der Waals surface area contributed by atoms with Crippen LogP contribution in [0.2, 0.25) is 0 Å². The summed E-state index contributed by atoms with van der Waals surface area (Å²) in [6.07, 6.45) is -0.813. The number of rotatable bonds is 6. The largest absolute Gasteiger partial charge is 0.462 e. The van der Waals surface area contributed by atoms with Crippen molar-refractivity contribution in [1.29, 1.82) is 5.26 Å². The molecule has 0 radical (unpaired) electrons. The van der Waals surface area contributed by atoms with E-state index in [4.69, 9.17) is 19.5 Å². The van der Waals surface area contributed by atoms with Crippen molar-refractivity contribution in [1.82, 2.24) is 14.6 Å². The van der Waals surface area contributed by atoms with Gasteiger partial charge >= 0.3 is 8.25 Å². The fourth-order valence-electron chi connectivity index (χ4n) is 3.03. The summed E-state index contributed by atoms with van der Waals surface area (Å²) >= 11 is 0. The molecule has 3 aromatic rings. The third-order valence-corrected chi connectivity index (χ3v) is 5.25. The van der Waals surface area contributed by atoms with Crippen LogP contribution in [0, 0.1) is 11.3 Å². The number of nitrogen functional groups attached to an aromatic ring is 1. The summed E-state index contributed by atoms with van der Waals surface area (Å²) in [5.74, 6) is -1.16. The maximum atomic E-state index is 14.7. The number of hydrogen-bond donors (Lipinski definition) is 2. The minimum Gasteiger partial charge on any atom is -0.462 e. The van der Waals surface area contributed by atoms with Gasteiger partial charge in [0.15, 0.2) is 23.5 Å². The lowest BCUT2D eigenvalue weighted by Gasteiger charge is -2.24. The minimum absolute atomic E-state index is 0.0416. The van der Waals surface area contributed by atoms with Crippen LogP contribution in [0.25, 0.3) is 5.52 Å². The maximum Gasteiger partial charge on any atom is 0.368 e. The van der Waals surface area contributed by atoms with Gasteiger partial charge in [0.1, 0.15) is 36.0 Å². The van der Waals surface area contributed by atoms with Crippen molar-refractivity contribution in [3.05, 3.63) is 66.1 Å². The number of benzene rings is 1. The summed E-state index contributed by atoms with van der Waals surface area (Å²) in [7, 11) is -3.04. The number of anilines is 1. The summed E-state index contributed by atoms with van der Waals surface area (Å²) in [6.45, 7) is -0.614. The lowest BCUT2D eigenvalue weighted by atomic mass is 9.95. The summed E-state index contributed by atoms with van der Waals surface area (Å²) in [6, 6.07) is 13.0. The highest BCUT2D eigenvalue weighted by Crippen LogP contribution is 2.43. The van der Waals surface area contributed by atoms with Gasteiger partial charge in [-0.15, -0.1) is 0 Å². The standard InChI is InChI=1S/C18H15FN5O5P/c19-15-13(8-27-30(26)29-11-4-2-1-3-5-11)28-18(9-20,16(15)25)14-7-6-12-17(21)22-10-23-24(12)14/h1-7,10,16,25,30H,8H2,(H2,21,22,23)/t16-,18+/m1/s1. The van der Waals surface area contributed by atoms with Crippen LogP contribution in [0.15, 0.2) is 60.4 Å². The molecule has 0 aliphatic carbocycles. The second kappa shape index (κ2) is 7.76. The molecule has 3 heterocycles. The van der Waals surface area contributed by atoms with Crippen molar-refractivity contribution in [3.8, 4) is 11.8 Å². The normalized spacial score (nSPS) is 22.0. The first-order valence-electron chi connectivity index (χ1n) is 8.61. The smallest absolute Gasteiger partial charge is 0.368 e. The van der Waals surface area contributed by atoms with E-state index in [1.165, 1.54) is 16.6 Å². The molecule has 1 aliphatic rings. The van der Waals surface area contributed by atoms with Gasteiger partial charge < -0.3 is 20.1 Å². The number of aliphatic hydroxyl groups excluding tert-OH is 1. The van der Waals surface area contributed by atoms with Gasteiger partial charge in [-0.25, -0.2) is 18.5 Å². The third-order valence-electron chi connectivity index (χ3n) is 4.47. The molecule has 0 spiro atoms. The lowest BCUT2D eigenvalue weighted by molar-refractivity contribution is -0.0235. The first kappa shape index (κ1) is 19.8. The fraction of sp³-hybridized carbons (Fsp3) is 0.167. The number of nitriles is 1. The molecule has 30 heavy (non-hydrogen) atoms. The van der Waals surface area contributed by atoms with E-state index >= 15 is 0 Å². The predicted molar refractivity (Wildman–Crippen MR) is 102 cm³/mol. The van der Waals surface area contributed by atoms with Gasteiger partial charge in [-0.05, 0) is 24.3 Å². The molecule has 0 fully saturated rings. The molecule has 10 nitrogen and oxygen atoms in total. The molecule has 1 aliphatic heterocycles. The number of halogens is 1. The Balaban J connectivity index is 1.55. The van der Waals surface area contributed by atoms with Crippen molar-refractivity contribution in [2.75, 3.05) is 12.3 Å². The van der Waals surface area contributed by atoms with Gasteiger partial charge in [0.2, 0.25) is 0 Å². The highest BCUT2D eigenvalue weighted by atomic mass is 31.1. The molecule has 1 unspecified atom stereocenters. The third kappa shape index (κ3) is 3.27. The Kier molecular flexibility index (Phi) is 5.13. The summed E-state index contributed by atoms with van der Waals surface area (Å²) in [5.41, 5.74) is 4.02. The van der Waals surface area contributed by atoms with Crippen LogP contribution in [-0.2, 0) is 19.4 Å². The number of ether oxygens (including phenoxy) is 1. The monoisotopic (exact) mass is 431 g/mol. The highest BCUT2D eigenvalue weighted by Gasteiger charge is 2.54. The van der Waals surface area contributed by atoms with E-state index in [-0.39, 0.29) is 11.5 Å². The SMILES string of the molecule is N#C[C@@]1(c2ccc3c(N)ncnn23)OC(CO[PH](=O)Oc2ccccc2)=C(F)[C@H]1O. The van der Waals surface area contributed by atoms with E-state index in [0.29, 0.717) is 11.3 Å². The quantitative estimate of drug-likeness (QED) is 0.560. The Morgan fingerprint density at radius 1 is 1.37 bits per heavy atom. The van der Waals surface area contributed by atoms with Crippen LogP contribution < -0.4 is 10.3 Å². The molecule has 2 aromatic heterocycles. The topological polar surface area (TPSA) is 145 Å². The zero-order valence-corrected chi connectivity index (χ0v) is 16.2. The molecule has 0 amide bonds. The zero-order chi connectivity index (χ0) is 21.3. The van der Waals surface area contributed by atoms with Crippen molar-refractivity contribution in [2.45, 2.75) is 11.7 Å². The fourth-order valence-corrected chi connectivity index (χ4v) is 3.67. The zero-order valence-electron chi connectivity index (χ0n) is 15.2. The van der Waals surface area contributed by atoms with E-state index < -0.39 is 38.2 Å². The molecule has 12 heteroatoms. The number of para-hydroxylation sites is 1. The maximum absolute atomic E-state index is 14.7. The first-order chi connectivity index (χ1) is 14.5. The van der Waals surface area contributed by atoms with E-state index in [2.05, 4.69) is 10.1 Å². The second-order valence-electron chi connectivity index (χ2n) is 6.24. The number of aromatic nitrogens is 3. The van der Waals surface area contributed by atoms with Crippen LogP contribution >= 0.6 is 8.25 Å². The second-order valence-corrected chi connectivity index (χ2v) is 7.23. The summed E-state index contributed by atoms with van der Waals surface area (Å²) in [4.78, 5) is 3.84. The number of hydrogen-bond acceptors (Lipinski definition) is 9. The lowest BCUT2D eigenvalue weighted by Crippen LogP contribution is -2.38. The molecule has 3 N–H and O–H groups in total. The Hall–Kier alpha value is -3.45. The Labute approximate surface area is 169 Å². The van der Waals surface area contributed by atoms with E-state index in [1.807, 2.05) is 0 Å². The molecule has 1 aromatic carbocycles. The number of nitrogens with two attached hydrogens (primary N) is 1. The van der Waals surface area contributed by atoms with Crippen LogP contribution in [0.3, 0.4) is 0 Å². The average Bonchev–Trinajstić information content (AvgIpc) is 3.29. The van der Waals surface area contributed by atoms with Crippen molar-refractivity contribution in [2.24, 2.45) is 0 Å². The van der Waals surface area contributed by atoms with E-state index in [0.717, 1.165) is 6.33 Å². The van der Waals surface area contributed by atoms with Crippen LogP contribution in [-0.4, -0.2) is 32.4 Å². The van der Waals surface area contributed by atoms with Crippen LogP contribution in [0.1, 0.15) is 5.69 Å². The van der Waals surface area contributed by atoms with Crippen LogP contribution in [0.4, 0.5) is 10.2 Å². The van der Waals surface area contributed by atoms with Gasteiger partial charge in [-0.2, -0.15) is 10.4 Å². The molecule has 154 valence electrons. The number of aliphatic hydroxyl groups is 1.